The summed E-state index contributed by atoms with van der Waals surface area (Å²) >= 11 is 6.40. The van der Waals surface area contributed by atoms with Gasteiger partial charge in [-0.2, -0.15) is 4.98 Å². The van der Waals surface area contributed by atoms with Gasteiger partial charge in [0, 0.05) is 37.0 Å². The van der Waals surface area contributed by atoms with Gasteiger partial charge in [0.15, 0.2) is 5.65 Å². The number of H-pyrrole nitrogens is 1. The van der Waals surface area contributed by atoms with Gasteiger partial charge in [0.25, 0.3) is 0 Å². The minimum absolute atomic E-state index is 0.0835. The summed E-state index contributed by atoms with van der Waals surface area (Å²) in [5.74, 6) is 3.56. The summed E-state index contributed by atoms with van der Waals surface area (Å²) in [4.78, 5) is 35.6. The number of aromatic amines is 1. The molecule has 0 aromatic carbocycles. The van der Waals surface area contributed by atoms with Crippen molar-refractivity contribution in [3.63, 3.8) is 0 Å². The third kappa shape index (κ3) is 6.06. The average Bonchev–Trinajstić information content (AvgIpc) is 3.66. The Morgan fingerprint density at radius 2 is 2.04 bits per heavy atom. The number of ether oxygens (including phenoxy) is 1. The molecule has 0 spiro atoms. The summed E-state index contributed by atoms with van der Waals surface area (Å²) in [7, 11) is 0. The van der Waals surface area contributed by atoms with Crippen molar-refractivity contribution < 1.29 is 13.7 Å². The fourth-order valence-corrected chi connectivity index (χ4v) is 6.45. The van der Waals surface area contributed by atoms with E-state index in [2.05, 4.69) is 36.6 Å². The topological polar surface area (TPSA) is 128 Å². The molecule has 13 heteroatoms. The van der Waals surface area contributed by atoms with Crippen molar-refractivity contribution in [2.24, 2.45) is 11.8 Å². The van der Waals surface area contributed by atoms with Gasteiger partial charge in [-0.15, -0.1) is 12.3 Å². The number of hydrogen-bond acceptors (Lipinski definition) is 9. The van der Waals surface area contributed by atoms with E-state index in [1.807, 2.05) is 0 Å². The number of pyridine rings is 1. The first kappa shape index (κ1) is 29.1. The number of imidazole rings is 1. The first-order chi connectivity index (χ1) is 21.9. The maximum atomic E-state index is 13.7. The van der Waals surface area contributed by atoms with Crippen LogP contribution in [0.1, 0.15) is 32.1 Å². The number of nitrogens with zero attached hydrogens (tertiary/aromatic N) is 7. The first-order valence-electron chi connectivity index (χ1n) is 15.0. The number of anilines is 1. The van der Waals surface area contributed by atoms with Gasteiger partial charge in [-0.1, -0.05) is 28.9 Å². The SMILES string of the molecule is C#CC1CCC(Cn2c(N3CCOCC3C=C3C=CC(F)=CC3)nc3nc(-c4noc(=O)[nH]4)nc(-c4cncc(Cl)c4)c32)CC1. The summed E-state index contributed by atoms with van der Waals surface area (Å²) < 4.78 is 26.6. The third-order valence-electron chi connectivity index (χ3n) is 8.55. The van der Waals surface area contributed by atoms with E-state index < -0.39 is 5.76 Å². The molecule has 4 aromatic heterocycles. The monoisotopic (exact) mass is 628 g/mol. The number of aromatic nitrogens is 7. The van der Waals surface area contributed by atoms with Gasteiger partial charge in [0.05, 0.1) is 24.3 Å². The maximum Gasteiger partial charge on any atom is 0.439 e. The molecule has 1 unspecified atom stereocenters. The van der Waals surface area contributed by atoms with Crippen molar-refractivity contribution in [3.05, 3.63) is 69.7 Å². The molecule has 11 nitrogen and oxygen atoms in total. The minimum Gasteiger partial charge on any atom is -0.377 e. The van der Waals surface area contributed by atoms with Gasteiger partial charge in [0.2, 0.25) is 17.6 Å². The molecule has 0 radical (unpaired) electrons. The smallest absolute Gasteiger partial charge is 0.377 e. The average molecular weight is 629 g/mol. The number of allylic oxidation sites excluding steroid dienone is 5. The number of halogens is 2. The van der Waals surface area contributed by atoms with Crippen molar-refractivity contribution in [2.45, 2.75) is 44.7 Å². The standard InChI is InChI=1S/C32H30ClFN8O3/c1-2-19-3-5-21(6-4-19)17-42-27-26(22-14-23(33)16-35-15-22)36-29(30-39-32(43)45-40-30)37-28(27)38-31(42)41-11-12-44-18-25(41)13-20-7-9-24(34)10-8-20/h1,7,9-10,13-16,19,21,25H,3-6,8,11-12,17-18H2,(H,39,40,43). The molecule has 1 atom stereocenters. The molecule has 1 saturated heterocycles. The Hall–Kier alpha value is -4.60. The van der Waals surface area contributed by atoms with E-state index in [0.29, 0.717) is 78.0 Å². The molecule has 230 valence electrons. The fraction of sp³-hybridized carbons (Fsp3) is 0.375. The molecule has 2 aliphatic carbocycles. The Labute approximate surface area is 262 Å². The van der Waals surface area contributed by atoms with Crippen LogP contribution in [0.5, 0.6) is 0 Å². The second-order valence-corrected chi connectivity index (χ2v) is 12.0. The van der Waals surface area contributed by atoms with Crippen molar-refractivity contribution in [1.82, 2.24) is 34.6 Å². The molecular weight excluding hydrogens is 599 g/mol. The Balaban J connectivity index is 1.40. The van der Waals surface area contributed by atoms with Crippen molar-refractivity contribution in [2.75, 3.05) is 24.7 Å². The Kier molecular flexibility index (Phi) is 8.04. The third-order valence-corrected chi connectivity index (χ3v) is 8.76. The Bertz CT molecular complexity index is 1930. The first-order valence-corrected chi connectivity index (χ1v) is 15.3. The molecule has 0 amide bonds. The van der Waals surface area contributed by atoms with Crippen LogP contribution in [0.25, 0.3) is 34.1 Å². The predicted molar refractivity (Wildman–Crippen MR) is 167 cm³/mol. The Morgan fingerprint density at radius 3 is 2.78 bits per heavy atom. The molecule has 1 saturated carbocycles. The lowest BCUT2D eigenvalue weighted by Gasteiger charge is -2.36. The van der Waals surface area contributed by atoms with Gasteiger partial charge in [0.1, 0.15) is 17.0 Å². The number of terminal acetylenes is 1. The molecule has 7 rings (SSSR count). The lowest BCUT2D eigenvalue weighted by atomic mass is 9.82. The van der Waals surface area contributed by atoms with Crippen LogP contribution in [0.4, 0.5) is 10.3 Å². The maximum absolute atomic E-state index is 13.7. The van der Waals surface area contributed by atoms with Gasteiger partial charge >= 0.3 is 5.76 Å². The number of nitrogens with one attached hydrogen (secondary N) is 1. The van der Waals surface area contributed by atoms with Crippen LogP contribution < -0.4 is 10.7 Å². The number of fused-ring (bicyclic) bond motifs is 1. The zero-order valence-corrected chi connectivity index (χ0v) is 25.1. The summed E-state index contributed by atoms with van der Waals surface area (Å²) in [5.41, 5.74) is 3.33. The number of rotatable bonds is 6. The molecule has 2 fully saturated rings. The van der Waals surface area contributed by atoms with E-state index in [0.717, 1.165) is 31.3 Å². The van der Waals surface area contributed by atoms with E-state index in [-0.39, 0.29) is 23.5 Å². The molecule has 5 heterocycles. The highest BCUT2D eigenvalue weighted by molar-refractivity contribution is 6.30. The van der Waals surface area contributed by atoms with Crippen LogP contribution in [0.15, 0.2) is 63.5 Å². The second-order valence-electron chi connectivity index (χ2n) is 11.5. The normalized spacial score (nSPS) is 23.0. The highest BCUT2D eigenvalue weighted by atomic mass is 35.5. The molecule has 1 N–H and O–H groups in total. The van der Waals surface area contributed by atoms with Gasteiger partial charge in [-0.05, 0) is 61.8 Å². The van der Waals surface area contributed by atoms with E-state index in [4.69, 9.17) is 42.2 Å². The number of morpholine rings is 1. The van der Waals surface area contributed by atoms with Crippen molar-refractivity contribution >= 4 is 28.7 Å². The van der Waals surface area contributed by atoms with Crippen LogP contribution in [0.2, 0.25) is 5.02 Å². The van der Waals surface area contributed by atoms with Crippen molar-refractivity contribution in [1.29, 1.82) is 0 Å². The van der Waals surface area contributed by atoms with E-state index >= 15 is 0 Å². The van der Waals surface area contributed by atoms with Crippen molar-refractivity contribution in [3.8, 4) is 35.2 Å². The van der Waals surface area contributed by atoms with Crippen LogP contribution in [-0.2, 0) is 11.3 Å². The zero-order chi connectivity index (χ0) is 30.9. The highest BCUT2D eigenvalue weighted by Crippen LogP contribution is 2.37. The van der Waals surface area contributed by atoms with E-state index in [1.54, 1.807) is 30.6 Å². The summed E-state index contributed by atoms with van der Waals surface area (Å²) in [6.45, 7) is 2.22. The van der Waals surface area contributed by atoms with Gasteiger partial charge in [-0.25, -0.2) is 19.2 Å². The summed E-state index contributed by atoms with van der Waals surface area (Å²) in [6, 6.07) is 1.63. The van der Waals surface area contributed by atoms with Crippen LogP contribution in [0, 0.1) is 24.2 Å². The second kappa shape index (κ2) is 12.4. The van der Waals surface area contributed by atoms with Gasteiger partial charge in [-0.3, -0.25) is 14.5 Å². The molecule has 3 aliphatic rings. The van der Waals surface area contributed by atoms with Gasteiger partial charge < -0.3 is 14.2 Å². The fourth-order valence-electron chi connectivity index (χ4n) is 6.28. The molecule has 4 aromatic rings. The lowest BCUT2D eigenvalue weighted by molar-refractivity contribution is 0.104. The van der Waals surface area contributed by atoms with E-state index in [9.17, 15) is 9.18 Å². The quantitative estimate of drug-likeness (QED) is 0.284. The predicted octanol–water partition coefficient (Wildman–Crippen LogP) is 5.27. The van der Waals surface area contributed by atoms with Crippen LogP contribution >= 0.6 is 11.6 Å². The molecule has 1 aliphatic heterocycles. The molecular formula is C32H30ClFN8O3. The van der Waals surface area contributed by atoms with Crippen LogP contribution in [0.3, 0.4) is 0 Å². The highest BCUT2D eigenvalue weighted by Gasteiger charge is 2.31. The molecule has 0 bridgehead atoms. The zero-order valence-electron chi connectivity index (χ0n) is 24.3. The Morgan fingerprint density at radius 1 is 1.18 bits per heavy atom. The summed E-state index contributed by atoms with van der Waals surface area (Å²) in [6.07, 6.45) is 20.4. The largest absolute Gasteiger partial charge is 0.439 e. The molecule has 45 heavy (non-hydrogen) atoms. The number of hydrogen-bond donors (Lipinski definition) is 1. The summed E-state index contributed by atoms with van der Waals surface area (Å²) in [5, 5.41) is 4.27. The van der Waals surface area contributed by atoms with Crippen LogP contribution in [-0.4, -0.2) is 60.4 Å². The lowest BCUT2D eigenvalue weighted by Crippen LogP contribution is -2.46. The minimum atomic E-state index is -0.718. The van der Waals surface area contributed by atoms with E-state index in [1.165, 1.54) is 6.08 Å².